The molecule has 7 nitrogen and oxygen atoms in total. The highest BCUT2D eigenvalue weighted by Crippen LogP contribution is 2.25. The molecular formula is C18H23N7. The number of tetrazole rings is 1. The summed E-state index contributed by atoms with van der Waals surface area (Å²) in [6, 6.07) is 15.1. The molecule has 1 aromatic carbocycles. The number of piperidine rings is 1. The minimum Gasteiger partial charge on any atom is -0.355 e. The summed E-state index contributed by atoms with van der Waals surface area (Å²) in [6.07, 6.45) is 1.12. The lowest BCUT2D eigenvalue weighted by atomic mass is 9.92. The fourth-order valence-electron chi connectivity index (χ4n) is 3.78. The van der Waals surface area contributed by atoms with Crippen molar-refractivity contribution in [1.29, 1.82) is 0 Å². The molecule has 0 radical (unpaired) electrons. The van der Waals surface area contributed by atoms with Gasteiger partial charge < -0.3 is 4.90 Å². The Balaban J connectivity index is 1.43. The van der Waals surface area contributed by atoms with Crippen molar-refractivity contribution in [2.75, 3.05) is 25.0 Å². The average Bonchev–Trinajstić information content (AvgIpc) is 3.10. The van der Waals surface area contributed by atoms with E-state index >= 15 is 0 Å². The van der Waals surface area contributed by atoms with Crippen LogP contribution in [0.1, 0.15) is 18.9 Å². The second-order valence-electron chi connectivity index (χ2n) is 6.88. The summed E-state index contributed by atoms with van der Waals surface area (Å²) in [6.45, 7) is 5.54. The maximum absolute atomic E-state index is 4.52. The molecule has 7 heteroatoms. The van der Waals surface area contributed by atoms with Gasteiger partial charge in [-0.2, -0.15) is 0 Å². The van der Waals surface area contributed by atoms with Crippen LogP contribution in [0, 0.1) is 5.92 Å². The lowest BCUT2D eigenvalue weighted by Crippen LogP contribution is -2.49. The van der Waals surface area contributed by atoms with Gasteiger partial charge in [0.15, 0.2) is 11.5 Å². The number of fused-ring (bicyclic) bond motifs is 1. The van der Waals surface area contributed by atoms with Gasteiger partial charge in [-0.15, -0.1) is 14.8 Å². The Morgan fingerprint density at radius 3 is 2.80 bits per heavy atom. The van der Waals surface area contributed by atoms with E-state index in [2.05, 4.69) is 74.7 Å². The normalized spacial score (nSPS) is 21.5. The molecule has 130 valence electrons. The molecule has 0 N–H and O–H groups in total. The smallest absolute Gasteiger partial charge is 0.200 e. The van der Waals surface area contributed by atoms with Crippen LogP contribution in [0.5, 0.6) is 0 Å². The monoisotopic (exact) mass is 337 g/mol. The summed E-state index contributed by atoms with van der Waals surface area (Å²) in [5.74, 6) is 1.47. The van der Waals surface area contributed by atoms with E-state index in [1.165, 1.54) is 10.2 Å². The molecule has 1 fully saturated rings. The first-order valence-electron chi connectivity index (χ1n) is 8.75. The zero-order chi connectivity index (χ0) is 17.2. The molecule has 0 aliphatic carbocycles. The highest BCUT2D eigenvalue weighted by atomic mass is 15.6. The number of anilines is 1. The van der Waals surface area contributed by atoms with Crippen molar-refractivity contribution in [3.63, 3.8) is 0 Å². The Morgan fingerprint density at radius 2 is 2.00 bits per heavy atom. The Hall–Kier alpha value is -2.54. The first kappa shape index (κ1) is 16.0. The van der Waals surface area contributed by atoms with Gasteiger partial charge in [-0.3, -0.25) is 4.90 Å². The fourth-order valence-corrected chi connectivity index (χ4v) is 3.78. The molecule has 1 aliphatic rings. The maximum atomic E-state index is 4.52. The molecule has 25 heavy (non-hydrogen) atoms. The van der Waals surface area contributed by atoms with Gasteiger partial charge in [0.25, 0.3) is 0 Å². The van der Waals surface area contributed by atoms with Gasteiger partial charge in [0.05, 0.1) is 0 Å². The standard InChI is InChI=1S/C18H23N7/c1-14-12-24(13-15-6-4-3-5-7-15)11-10-16(14)23(2)18-9-8-17-19-21-22-25(17)20-18/h3-9,14,16H,10-13H2,1-2H3/t14-,16-/m0/s1. The molecule has 0 amide bonds. The molecule has 3 aromatic rings. The van der Waals surface area contributed by atoms with Gasteiger partial charge in [0.2, 0.25) is 0 Å². The highest BCUT2D eigenvalue weighted by Gasteiger charge is 2.29. The van der Waals surface area contributed by atoms with Gasteiger partial charge in [-0.1, -0.05) is 37.3 Å². The maximum Gasteiger partial charge on any atom is 0.200 e. The largest absolute Gasteiger partial charge is 0.355 e. The van der Waals surface area contributed by atoms with Crippen LogP contribution < -0.4 is 4.90 Å². The zero-order valence-corrected chi connectivity index (χ0v) is 14.7. The Labute approximate surface area is 147 Å². The Morgan fingerprint density at radius 1 is 1.16 bits per heavy atom. The molecule has 0 unspecified atom stereocenters. The molecular weight excluding hydrogens is 314 g/mol. The summed E-state index contributed by atoms with van der Waals surface area (Å²) >= 11 is 0. The summed E-state index contributed by atoms with van der Waals surface area (Å²) in [5, 5.41) is 16.0. The second-order valence-corrected chi connectivity index (χ2v) is 6.88. The van der Waals surface area contributed by atoms with Crippen LogP contribution in [0.15, 0.2) is 42.5 Å². The predicted octanol–water partition coefficient (Wildman–Crippen LogP) is 1.87. The SMILES string of the molecule is C[C@H]1CN(Cc2ccccc2)CC[C@@H]1N(C)c1ccc2nnnn2n1. The third-order valence-electron chi connectivity index (χ3n) is 5.11. The van der Waals surface area contributed by atoms with Gasteiger partial charge in [0, 0.05) is 32.7 Å². The van der Waals surface area contributed by atoms with E-state index in [1.807, 2.05) is 12.1 Å². The topological polar surface area (TPSA) is 62.5 Å². The molecule has 1 aliphatic heterocycles. The Kier molecular flexibility index (Phi) is 4.31. The van der Waals surface area contributed by atoms with Gasteiger partial charge in [-0.05, 0) is 40.5 Å². The van der Waals surface area contributed by atoms with Crippen LogP contribution in [-0.2, 0) is 6.54 Å². The summed E-state index contributed by atoms with van der Waals surface area (Å²) < 4.78 is 1.49. The lowest BCUT2D eigenvalue weighted by Gasteiger charge is -2.41. The molecule has 3 heterocycles. The van der Waals surface area contributed by atoms with Crippen LogP contribution in [-0.4, -0.2) is 56.3 Å². The average molecular weight is 337 g/mol. The number of aromatic nitrogens is 5. The van der Waals surface area contributed by atoms with Crippen molar-refractivity contribution in [3.05, 3.63) is 48.0 Å². The van der Waals surface area contributed by atoms with Crippen molar-refractivity contribution >= 4 is 11.5 Å². The van der Waals surface area contributed by atoms with Crippen molar-refractivity contribution in [2.24, 2.45) is 5.92 Å². The third kappa shape index (κ3) is 3.32. The third-order valence-corrected chi connectivity index (χ3v) is 5.11. The van der Waals surface area contributed by atoms with Crippen LogP contribution in [0.3, 0.4) is 0 Å². The summed E-state index contributed by atoms with van der Waals surface area (Å²) in [7, 11) is 2.12. The van der Waals surface area contributed by atoms with E-state index in [0.717, 1.165) is 31.9 Å². The van der Waals surface area contributed by atoms with Crippen molar-refractivity contribution in [2.45, 2.75) is 25.9 Å². The van der Waals surface area contributed by atoms with Gasteiger partial charge >= 0.3 is 0 Å². The number of nitrogens with zero attached hydrogens (tertiary/aromatic N) is 7. The molecule has 4 rings (SSSR count). The number of likely N-dealkylation sites (tertiary alicyclic amines) is 1. The van der Waals surface area contributed by atoms with Crippen LogP contribution in [0.25, 0.3) is 5.65 Å². The van der Waals surface area contributed by atoms with E-state index in [0.29, 0.717) is 17.6 Å². The van der Waals surface area contributed by atoms with Crippen LogP contribution >= 0.6 is 0 Å². The second kappa shape index (κ2) is 6.76. The molecule has 2 aromatic heterocycles. The van der Waals surface area contributed by atoms with Crippen LogP contribution in [0.4, 0.5) is 5.82 Å². The molecule has 1 saturated heterocycles. The summed E-state index contributed by atoms with van der Waals surface area (Å²) in [4.78, 5) is 4.81. The number of rotatable bonds is 4. The fraction of sp³-hybridized carbons (Fsp3) is 0.444. The van der Waals surface area contributed by atoms with Crippen molar-refractivity contribution < 1.29 is 0 Å². The first-order valence-corrected chi connectivity index (χ1v) is 8.75. The molecule has 0 spiro atoms. The first-order chi connectivity index (χ1) is 12.2. The van der Waals surface area contributed by atoms with E-state index in [-0.39, 0.29) is 0 Å². The molecule has 0 bridgehead atoms. The van der Waals surface area contributed by atoms with Crippen molar-refractivity contribution in [3.8, 4) is 0 Å². The van der Waals surface area contributed by atoms with Crippen molar-refractivity contribution in [1.82, 2.24) is 30.2 Å². The number of benzene rings is 1. The van der Waals surface area contributed by atoms with Gasteiger partial charge in [0.1, 0.15) is 0 Å². The lowest BCUT2D eigenvalue weighted by molar-refractivity contribution is 0.155. The number of hydrogen-bond acceptors (Lipinski definition) is 6. The predicted molar refractivity (Wildman–Crippen MR) is 96.3 cm³/mol. The van der Waals surface area contributed by atoms with E-state index in [4.69, 9.17) is 0 Å². The highest BCUT2D eigenvalue weighted by molar-refractivity contribution is 5.44. The molecule has 0 saturated carbocycles. The van der Waals surface area contributed by atoms with E-state index < -0.39 is 0 Å². The summed E-state index contributed by atoms with van der Waals surface area (Å²) in [5.41, 5.74) is 2.05. The molecule has 2 atom stereocenters. The zero-order valence-electron chi connectivity index (χ0n) is 14.7. The van der Waals surface area contributed by atoms with E-state index in [1.54, 1.807) is 0 Å². The number of hydrogen-bond donors (Lipinski definition) is 0. The minimum absolute atomic E-state index is 0.466. The van der Waals surface area contributed by atoms with E-state index in [9.17, 15) is 0 Å². The minimum atomic E-state index is 0.466. The Bertz CT molecular complexity index is 832. The van der Waals surface area contributed by atoms with Crippen LogP contribution in [0.2, 0.25) is 0 Å². The quantitative estimate of drug-likeness (QED) is 0.724. The van der Waals surface area contributed by atoms with Gasteiger partial charge in [-0.25, -0.2) is 0 Å².